The van der Waals surface area contributed by atoms with Crippen molar-refractivity contribution in [3.8, 4) is 0 Å². The smallest absolute Gasteiger partial charge is 0.0834 e. The predicted octanol–water partition coefficient (Wildman–Crippen LogP) is 4.13. The van der Waals surface area contributed by atoms with Gasteiger partial charge in [0.2, 0.25) is 0 Å². The third kappa shape index (κ3) is 1.09. The van der Waals surface area contributed by atoms with Crippen molar-refractivity contribution in [3.63, 3.8) is 0 Å². The Balaban J connectivity index is 2.97. The summed E-state index contributed by atoms with van der Waals surface area (Å²) >= 11 is 17.6. The number of benzene rings is 1. The normalized spacial score (nSPS) is 10.9. The molecule has 2 rings (SSSR count). The van der Waals surface area contributed by atoms with Crippen LogP contribution in [0.5, 0.6) is 0 Å². The van der Waals surface area contributed by atoms with Gasteiger partial charge in [0.25, 0.3) is 0 Å². The number of H-pyrrole nitrogens is 1. The van der Waals surface area contributed by atoms with Crippen LogP contribution in [0.3, 0.4) is 0 Å². The molecule has 12 heavy (non-hydrogen) atoms. The van der Waals surface area contributed by atoms with Crippen LogP contribution in [0.1, 0.15) is 0 Å². The first-order valence-corrected chi connectivity index (χ1v) is 4.44. The lowest BCUT2D eigenvalue weighted by molar-refractivity contribution is 1.48. The Morgan fingerprint density at radius 1 is 1.08 bits per heavy atom. The quantitative estimate of drug-likeness (QED) is 0.643. The topological polar surface area (TPSA) is 15.8 Å². The number of aromatic amines is 1. The largest absolute Gasteiger partial charge is 0.360 e. The van der Waals surface area contributed by atoms with E-state index < -0.39 is 0 Å². The number of fused-ring (bicyclic) bond motifs is 1. The van der Waals surface area contributed by atoms with Gasteiger partial charge in [-0.3, -0.25) is 0 Å². The zero-order valence-corrected chi connectivity index (χ0v) is 8.13. The van der Waals surface area contributed by atoms with E-state index >= 15 is 0 Å². The number of halogens is 3. The Morgan fingerprint density at radius 2 is 1.83 bits per heavy atom. The molecule has 0 amide bonds. The Kier molecular flexibility index (Phi) is 1.95. The monoisotopic (exact) mass is 219 g/mol. The van der Waals surface area contributed by atoms with E-state index in [0.717, 1.165) is 10.9 Å². The highest BCUT2D eigenvalue weighted by atomic mass is 35.5. The summed E-state index contributed by atoms with van der Waals surface area (Å²) in [5.41, 5.74) is 0.786. The van der Waals surface area contributed by atoms with Gasteiger partial charge in [-0.25, -0.2) is 0 Å². The van der Waals surface area contributed by atoms with Gasteiger partial charge in [-0.15, -0.1) is 0 Å². The van der Waals surface area contributed by atoms with Gasteiger partial charge in [-0.1, -0.05) is 34.8 Å². The van der Waals surface area contributed by atoms with Gasteiger partial charge in [0.1, 0.15) is 0 Å². The third-order valence-electron chi connectivity index (χ3n) is 1.69. The molecule has 1 nitrogen and oxygen atoms in total. The van der Waals surface area contributed by atoms with Crippen LogP contribution < -0.4 is 0 Å². The molecule has 0 fully saturated rings. The molecule has 0 radical (unpaired) electrons. The number of hydrogen-bond acceptors (Lipinski definition) is 0. The van der Waals surface area contributed by atoms with Crippen LogP contribution in [0, 0.1) is 0 Å². The Labute approximate surface area is 84.2 Å². The van der Waals surface area contributed by atoms with Crippen LogP contribution in [0.25, 0.3) is 10.9 Å². The molecule has 0 spiro atoms. The van der Waals surface area contributed by atoms with Gasteiger partial charge in [-0.05, 0) is 12.1 Å². The van der Waals surface area contributed by atoms with E-state index in [4.69, 9.17) is 34.8 Å². The molecule has 0 unspecified atom stereocenters. The highest BCUT2D eigenvalue weighted by molar-refractivity contribution is 6.47. The van der Waals surface area contributed by atoms with E-state index in [0.29, 0.717) is 15.1 Å². The van der Waals surface area contributed by atoms with E-state index in [2.05, 4.69) is 4.98 Å². The SMILES string of the molecule is Clc1cc(Cl)c2cc[nH]c2c1Cl. The van der Waals surface area contributed by atoms with E-state index in [1.54, 1.807) is 12.3 Å². The van der Waals surface area contributed by atoms with Crippen LogP contribution in [0.2, 0.25) is 15.1 Å². The molecule has 0 saturated heterocycles. The molecule has 2 aromatic rings. The van der Waals surface area contributed by atoms with Gasteiger partial charge in [0.15, 0.2) is 0 Å². The Bertz CT molecular complexity index is 433. The molecule has 1 N–H and O–H groups in total. The first kappa shape index (κ1) is 8.24. The lowest BCUT2D eigenvalue weighted by Gasteiger charge is -1.99. The maximum absolute atomic E-state index is 5.92. The van der Waals surface area contributed by atoms with Crippen LogP contribution in [-0.4, -0.2) is 4.98 Å². The maximum Gasteiger partial charge on any atom is 0.0834 e. The highest BCUT2D eigenvalue weighted by Crippen LogP contribution is 2.34. The van der Waals surface area contributed by atoms with Crippen molar-refractivity contribution in [1.29, 1.82) is 0 Å². The molecule has 0 saturated carbocycles. The zero-order chi connectivity index (χ0) is 8.72. The third-order valence-corrected chi connectivity index (χ3v) is 2.79. The average molecular weight is 220 g/mol. The van der Waals surface area contributed by atoms with Crippen LogP contribution in [-0.2, 0) is 0 Å². The molecule has 0 aliphatic carbocycles. The molecule has 0 bridgehead atoms. The standard InChI is InChI=1S/C8H4Cl3N/c9-5-3-6(10)7(11)8-4(5)1-2-12-8/h1-3,12H. The van der Waals surface area contributed by atoms with Crippen molar-refractivity contribution >= 4 is 45.7 Å². The predicted molar refractivity (Wildman–Crippen MR) is 53.3 cm³/mol. The molecule has 1 heterocycles. The van der Waals surface area contributed by atoms with Crippen molar-refractivity contribution in [3.05, 3.63) is 33.4 Å². The second kappa shape index (κ2) is 2.84. The first-order valence-electron chi connectivity index (χ1n) is 3.30. The molecule has 0 aliphatic heterocycles. The Morgan fingerprint density at radius 3 is 2.58 bits per heavy atom. The number of nitrogens with one attached hydrogen (secondary N) is 1. The molecule has 1 aromatic heterocycles. The highest BCUT2D eigenvalue weighted by Gasteiger charge is 2.07. The van der Waals surface area contributed by atoms with Gasteiger partial charge >= 0.3 is 0 Å². The minimum Gasteiger partial charge on any atom is -0.360 e. The van der Waals surface area contributed by atoms with Crippen LogP contribution in [0.4, 0.5) is 0 Å². The lowest BCUT2D eigenvalue weighted by Crippen LogP contribution is -1.74. The second-order valence-electron chi connectivity index (χ2n) is 2.42. The minimum atomic E-state index is 0.469. The summed E-state index contributed by atoms with van der Waals surface area (Å²) in [5.74, 6) is 0. The van der Waals surface area contributed by atoms with Crippen molar-refractivity contribution in [2.24, 2.45) is 0 Å². The maximum atomic E-state index is 5.92. The molecule has 62 valence electrons. The van der Waals surface area contributed by atoms with Crippen molar-refractivity contribution in [2.75, 3.05) is 0 Å². The first-order chi connectivity index (χ1) is 5.70. The zero-order valence-electron chi connectivity index (χ0n) is 5.87. The number of aromatic nitrogens is 1. The van der Waals surface area contributed by atoms with Gasteiger partial charge in [-0.2, -0.15) is 0 Å². The number of hydrogen-bond donors (Lipinski definition) is 1. The lowest BCUT2D eigenvalue weighted by atomic mass is 10.2. The van der Waals surface area contributed by atoms with Gasteiger partial charge < -0.3 is 4.98 Å². The molecular formula is C8H4Cl3N. The summed E-state index contributed by atoms with van der Waals surface area (Å²) < 4.78 is 0. The van der Waals surface area contributed by atoms with E-state index in [-0.39, 0.29) is 0 Å². The van der Waals surface area contributed by atoms with E-state index in [1.807, 2.05) is 6.07 Å². The average Bonchev–Trinajstić information content (AvgIpc) is 2.48. The van der Waals surface area contributed by atoms with Crippen molar-refractivity contribution < 1.29 is 0 Å². The number of rotatable bonds is 0. The fraction of sp³-hybridized carbons (Fsp3) is 0. The molecule has 4 heteroatoms. The fourth-order valence-corrected chi connectivity index (χ4v) is 1.86. The molecule has 0 atom stereocenters. The van der Waals surface area contributed by atoms with Crippen LogP contribution >= 0.6 is 34.8 Å². The van der Waals surface area contributed by atoms with Gasteiger partial charge in [0.05, 0.1) is 20.6 Å². The summed E-state index contributed by atoms with van der Waals surface area (Å²) in [6.45, 7) is 0. The summed E-state index contributed by atoms with van der Waals surface area (Å²) in [7, 11) is 0. The molecule has 0 aliphatic rings. The Hall–Kier alpha value is -0.370. The van der Waals surface area contributed by atoms with Gasteiger partial charge in [0, 0.05) is 11.6 Å². The van der Waals surface area contributed by atoms with Crippen molar-refractivity contribution in [2.45, 2.75) is 0 Å². The van der Waals surface area contributed by atoms with E-state index in [9.17, 15) is 0 Å². The van der Waals surface area contributed by atoms with Crippen molar-refractivity contribution in [1.82, 2.24) is 4.98 Å². The molecular weight excluding hydrogens is 216 g/mol. The summed E-state index contributed by atoms with van der Waals surface area (Å²) in [5, 5.41) is 2.49. The van der Waals surface area contributed by atoms with E-state index in [1.165, 1.54) is 0 Å². The fourth-order valence-electron chi connectivity index (χ4n) is 1.12. The second-order valence-corrected chi connectivity index (χ2v) is 3.61. The minimum absolute atomic E-state index is 0.469. The van der Waals surface area contributed by atoms with Crippen LogP contribution in [0.15, 0.2) is 18.3 Å². The molecule has 1 aromatic carbocycles. The summed E-state index contributed by atoms with van der Waals surface area (Å²) in [6, 6.07) is 3.50. The summed E-state index contributed by atoms with van der Waals surface area (Å²) in [4.78, 5) is 2.97. The summed E-state index contributed by atoms with van der Waals surface area (Å²) in [6.07, 6.45) is 1.78.